The van der Waals surface area contributed by atoms with Crippen molar-refractivity contribution in [2.75, 3.05) is 13.2 Å². The standard InChI is InChI=1S/C20H24O8/c1-4-10-23-20-18(26-13(3)22)17(25-12(2)21)16-15(27-20)11-24-19(28-16)14-8-6-5-7-9-14/h4-9,15-20H,1,10-11H2,2-3H3/t15-,16-,17+,18-,19-,20+/m1/s1. The van der Waals surface area contributed by atoms with E-state index in [2.05, 4.69) is 6.58 Å². The second-order valence-corrected chi connectivity index (χ2v) is 6.49. The summed E-state index contributed by atoms with van der Waals surface area (Å²) in [6.07, 6.45) is -3.23. The van der Waals surface area contributed by atoms with Gasteiger partial charge < -0.3 is 28.4 Å². The lowest BCUT2D eigenvalue weighted by Crippen LogP contribution is -2.64. The SMILES string of the molecule is C=CCO[C@H]1O[C@@H]2CO[C@@H](c3ccccc3)O[C@H]2[C@H](OC(C)=O)[C@H]1OC(C)=O. The monoisotopic (exact) mass is 392 g/mol. The first-order valence-electron chi connectivity index (χ1n) is 9.04. The normalized spacial score (nSPS) is 32.1. The number of carbonyl (C=O) groups is 2. The van der Waals surface area contributed by atoms with Gasteiger partial charge in [-0.25, -0.2) is 0 Å². The van der Waals surface area contributed by atoms with Crippen LogP contribution in [0.5, 0.6) is 0 Å². The summed E-state index contributed by atoms with van der Waals surface area (Å²) in [5.41, 5.74) is 0.816. The van der Waals surface area contributed by atoms with E-state index in [1.54, 1.807) is 6.08 Å². The highest BCUT2D eigenvalue weighted by atomic mass is 16.8. The van der Waals surface area contributed by atoms with Crippen molar-refractivity contribution < 1.29 is 38.0 Å². The third-order valence-electron chi connectivity index (χ3n) is 4.34. The van der Waals surface area contributed by atoms with Crippen LogP contribution in [0, 0.1) is 0 Å². The molecule has 1 aromatic carbocycles. The Hall–Kier alpha value is -2.26. The van der Waals surface area contributed by atoms with Gasteiger partial charge in [0.2, 0.25) is 0 Å². The fourth-order valence-electron chi connectivity index (χ4n) is 3.27. The van der Waals surface area contributed by atoms with Crippen molar-refractivity contribution in [2.45, 2.75) is 50.8 Å². The van der Waals surface area contributed by atoms with Crippen LogP contribution in [-0.2, 0) is 38.0 Å². The highest BCUT2D eigenvalue weighted by molar-refractivity contribution is 5.67. The summed E-state index contributed by atoms with van der Waals surface area (Å²) in [4.78, 5) is 23.4. The molecular formula is C20H24O8. The van der Waals surface area contributed by atoms with Crippen molar-refractivity contribution in [2.24, 2.45) is 0 Å². The summed E-state index contributed by atoms with van der Waals surface area (Å²) in [5, 5.41) is 0. The van der Waals surface area contributed by atoms with Crippen LogP contribution in [0.1, 0.15) is 25.7 Å². The van der Waals surface area contributed by atoms with Gasteiger partial charge in [-0.3, -0.25) is 9.59 Å². The number of ether oxygens (including phenoxy) is 6. The van der Waals surface area contributed by atoms with Gasteiger partial charge in [0.05, 0.1) is 13.2 Å². The molecule has 2 aliphatic heterocycles. The Balaban J connectivity index is 1.86. The van der Waals surface area contributed by atoms with Gasteiger partial charge in [-0.05, 0) is 0 Å². The van der Waals surface area contributed by atoms with Gasteiger partial charge in [-0.1, -0.05) is 36.4 Å². The predicted octanol–water partition coefficient (Wildman–Crippen LogP) is 1.89. The third-order valence-corrected chi connectivity index (χ3v) is 4.34. The highest BCUT2D eigenvalue weighted by Crippen LogP contribution is 2.36. The van der Waals surface area contributed by atoms with Crippen molar-refractivity contribution >= 4 is 11.9 Å². The van der Waals surface area contributed by atoms with E-state index in [1.807, 2.05) is 30.3 Å². The largest absolute Gasteiger partial charge is 0.455 e. The molecule has 8 nitrogen and oxygen atoms in total. The molecule has 2 saturated heterocycles. The number of hydrogen-bond donors (Lipinski definition) is 0. The second kappa shape index (κ2) is 9.29. The van der Waals surface area contributed by atoms with Gasteiger partial charge in [0.25, 0.3) is 0 Å². The summed E-state index contributed by atoms with van der Waals surface area (Å²) in [6.45, 7) is 6.51. The van der Waals surface area contributed by atoms with Gasteiger partial charge in [-0.2, -0.15) is 0 Å². The molecule has 6 atom stereocenters. The van der Waals surface area contributed by atoms with Crippen molar-refractivity contribution in [3.8, 4) is 0 Å². The maximum absolute atomic E-state index is 11.7. The Morgan fingerprint density at radius 1 is 1.11 bits per heavy atom. The average molecular weight is 392 g/mol. The average Bonchev–Trinajstić information content (AvgIpc) is 2.68. The maximum atomic E-state index is 11.7. The van der Waals surface area contributed by atoms with E-state index in [1.165, 1.54) is 13.8 Å². The van der Waals surface area contributed by atoms with Gasteiger partial charge in [0.15, 0.2) is 24.8 Å². The Morgan fingerprint density at radius 2 is 1.79 bits per heavy atom. The minimum atomic E-state index is -0.989. The number of fused-ring (bicyclic) bond motifs is 1. The molecule has 2 aliphatic rings. The molecule has 1 aromatic rings. The molecule has 0 N–H and O–H groups in total. The van der Waals surface area contributed by atoms with Crippen LogP contribution in [-0.4, -0.2) is 55.9 Å². The summed E-state index contributed by atoms with van der Waals surface area (Å²) < 4.78 is 34.2. The number of benzene rings is 1. The first-order chi connectivity index (χ1) is 13.5. The van der Waals surface area contributed by atoms with E-state index in [-0.39, 0.29) is 13.2 Å². The summed E-state index contributed by atoms with van der Waals surface area (Å²) in [5.74, 6) is -1.08. The fourth-order valence-corrected chi connectivity index (χ4v) is 3.27. The minimum Gasteiger partial charge on any atom is -0.455 e. The van der Waals surface area contributed by atoms with Crippen LogP contribution in [0.2, 0.25) is 0 Å². The molecule has 2 fully saturated rings. The van der Waals surface area contributed by atoms with Crippen molar-refractivity contribution in [3.63, 3.8) is 0 Å². The molecule has 152 valence electrons. The smallest absolute Gasteiger partial charge is 0.303 e. The molecule has 0 amide bonds. The summed E-state index contributed by atoms with van der Waals surface area (Å²) >= 11 is 0. The van der Waals surface area contributed by atoms with Crippen molar-refractivity contribution in [1.82, 2.24) is 0 Å². The molecule has 0 aliphatic carbocycles. The zero-order valence-corrected chi connectivity index (χ0v) is 15.8. The van der Waals surface area contributed by atoms with E-state index < -0.39 is 48.9 Å². The van der Waals surface area contributed by atoms with Crippen LogP contribution in [0.15, 0.2) is 43.0 Å². The van der Waals surface area contributed by atoms with Gasteiger partial charge >= 0.3 is 11.9 Å². The van der Waals surface area contributed by atoms with E-state index >= 15 is 0 Å². The van der Waals surface area contributed by atoms with Crippen LogP contribution in [0.25, 0.3) is 0 Å². The topological polar surface area (TPSA) is 89.5 Å². The van der Waals surface area contributed by atoms with Crippen LogP contribution >= 0.6 is 0 Å². The van der Waals surface area contributed by atoms with Crippen molar-refractivity contribution in [3.05, 3.63) is 48.6 Å². The molecule has 0 spiro atoms. The van der Waals surface area contributed by atoms with Gasteiger partial charge in [0, 0.05) is 19.4 Å². The summed E-state index contributed by atoms with van der Waals surface area (Å²) in [7, 11) is 0. The number of esters is 2. The molecule has 28 heavy (non-hydrogen) atoms. The highest BCUT2D eigenvalue weighted by Gasteiger charge is 2.53. The molecule has 3 rings (SSSR count). The van der Waals surface area contributed by atoms with Crippen molar-refractivity contribution in [1.29, 1.82) is 0 Å². The summed E-state index contributed by atoms with van der Waals surface area (Å²) in [6, 6.07) is 9.37. The lowest BCUT2D eigenvalue weighted by molar-refractivity contribution is -0.361. The predicted molar refractivity (Wildman–Crippen MR) is 95.9 cm³/mol. The Kier molecular flexibility index (Phi) is 6.79. The van der Waals surface area contributed by atoms with Gasteiger partial charge in [-0.15, -0.1) is 6.58 Å². The zero-order valence-electron chi connectivity index (χ0n) is 15.8. The lowest BCUT2D eigenvalue weighted by atomic mass is 9.97. The Morgan fingerprint density at radius 3 is 2.43 bits per heavy atom. The molecule has 0 saturated carbocycles. The van der Waals surface area contributed by atoms with Crippen LogP contribution in [0.4, 0.5) is 0 Å². The number of carbonyl (C=O) groups excluding carboxylic acids is 2. The molecular weight excluding hydrogens is 368 g/mol. The van der Waals surface area contributed by atoms with Crippen LogP contribution in [0.3, 0.4) is 0 Å². The first-order valence-corrected chi connectivity index (χ1v) is 9.04. The fraction of sp³-hybridized carbons (Fsp3) is 0.500. The van der Waals surface area contributed by atoms with E-state index in [4.69, 9.17) is 28.4 Å². The lowest BCUT2D eigenvalue weighted by Gasteiger charge is -2.47. The van der Waals surface area contributed by atoms with E-state index in [9.17, 15) is 9.59 Å². The second-order valence-electron chi connectivity index (χ2n) is 6.49. The Labute approximate surface area is 163 Å². The minimum absolute atomic E-state index is 0.168. The molecule has 0 aromatic heterocycles. The first kappa shape index (κ1) is 20.5. The molecule has 0 unspecified atom stereocenters. The zero-order chi connectivity index (χ0) is 20.1. The number of rotatable bonds is 6. The quantitative estimate of drug-likeness (QED) is 0.536. The maximum Gasteiger partial charge on any atom is 0.303 e. The molecule has 0 radical (unpaired) electrons. The number of hydrogen-bond acceptors (Lipinski definition) is 8. The van der Waals surface area contributed by atoms with E-state index in [0.717, 1.165) is 5.56 Å². The van der Waals surface area contributed by atoms with Crippen LogP contribution < -0.4 is 0 Å². The third kappa shape index (κ3) is 4.77. The molecule has 0 bridgehead atoms. The molecule has 8 heteroatoms. The molecule has 2 heterocycles. The Bertz CT molecular complexity index is 691. The van der Waals surface area contributed by atoms with Gasteiger partial charge in [0.1, 0.15) is 12.2 Å². The van der Waals surface area contributed by atoms with E-state index in [0.29, 0.717) is 0 Å².